The highest BCUT2D eigenvalue weighted by Crippen LogP contribution is 2.61. The maximum absolute atomic E-state index is 7.97. The van der Waals surface area contributed by atoms with E-state index in [0.29, 0.717) is 23.7 Å². The summed E-state index contributed by atoms with van der Waals surface area (Å²) in [7, 11) is 0. The molecule has 0 spiro atoms. The number of aromatic nitrogens is 2. The highest BCUT2D eigenvalue weighted by Gasteiger charge is 2.56. The van der Waals surface area contributed by atoms with Crippen LogP contribution in [0.5, 0.6) is 23.0 Å². The van der Waals surface area contributed by atoms with Crippen molar-refractivity contribution in [2.24, 2.45) is 0 Å². The summed E-state index contributed by atoms with van der Waals surface area (Å²) in [5, 5.41) is 5.28. The van der Waals surface area contributed by atoms with Crippen LogP contribution in [0.2, 0.25) is 0 Å². The second-order valence-corrected chi connectivity index (χ2v) is 24.1. The Bertz CT molecular complexity index is 3760. The zero-order chi connectivity index (χ0) is 46.0. The second kappa shape index (κ2) is 12.4. The van der Waals surface area contributed by atoms with Crippen LogP contribution < -0.4 is 25.9 Å². The van der Waals surface area contributed by atoms with Crippen molar-refractivity contribution < 1.29 is 9.47 Å². The lowest BCUT2D eigenvalue weighted by atomic mass is 9.28. The van der Waals surface area contributed by atoms with E-state index in [1.54, 1.807) is 33.4 Å². The number of hydrogen-bond donors (Lipinski definition) is 0. The fourth-order valence-electron chi connectivity index (χ4n) is 17.4. The van der Waals surface area contributed by atoms with Crippen molar-refractivity contribution in [3.63, 3.8) is 0 Å². The molecular weight excluding hydrogens is 840 g/mol. The molecule has 5 heteroatoms. The number of rotatable bonds is 0. The predicted octanol–water partition coefficient (Wildman–Crippen LogP) is 14.5. The van der Waals surface area contributed by atoms with E-state index in [-0.39, 0.29) is 12.1 Å². The van der Waals surface area contributed by atoms with Gasteiger partial charge in [-0.2, -0.15) is 0 Å². The average molecular weight is 897 g/mol. The zero-order valence-electron chi connectivity index (χ0n) is 41.3. The molecule has 6 heterocycles. The molecule has 4 aliphatic heterocycles. The Morgan fingerprint density at radius 3 is 1.28 bits per heavy atom. The molecular formula is C64H57BN2O2. The van der Waals surface area contributed by atoms with Crippen molar-refractivity contribution in [1.82, 2.24) is 9.13 Å². The fraction of sp³-hybridized carbons (Fsp3) is 0.344. The lowest BCUT2D eigenvalue weighted by Crippen LogP contribution is -2.65. The third-order valence-corrected chi connectivity index (χ3v) is 19.6. The summed E-state index contributed by atoms with van der Waals surface area (Å²) in [5.74, 6) is 6.56. The van der Waals surface area contributed by atoms with E-state index in [1.165, 1.54) is 156 Å². The molecule has 338 valence electrons. The number of benzene rings is 7. The molecule has 0 radical (unpaired) electrons. The van der Waals surface area contributed by atoms with Crippen LogP contribution >= 0.6 is 0 Å². The van der Waals surface area contributed by atoms with Gasteiger partial charge in [0.05, 0.1) is 33.4 Å². The van der Waals surface area contributed by atoms with E-state index < -0.39 is 0 Å². The van der Waals surface area contributed by atoms with Gasteiger partial charge in [0.25, 0.3) is 6.71 Å². The molecule has 4 nitrogen and oxygen atoms in total. The Morgan fingerprint density at radius 1 is 0.449 bits per heavy atom. The number of ether oxygens (including phenoxy) is 2. The van der Waals surface area contributed by atoms with Crippen LogP contribution in [0.3, 0.4) is 0 Å². The molecule has 19 rings (SSSR count). The number of aryl methyl sites for hydroxylation is 6. The molecule has 0 unspecified atom stereocenters. The van der Waals surface area contributed by atoms with Gasteiger partial charge in [0, 0.05) is 38.8 Å². The third kappa shape index (κ3) is 4.49. The average Bonchev–Trinajstić information content (AvgIpc) is 3.83. The molecule has 0 saturated heterocycles. The molecule has 2 aromatic heterocycles. The van der Waals surface area contributed by atoms with Crippen LogP contribution in [-0.4, -0.2) is 15.8 Å². The van der Waals surface area contributed by atoms with Crippen molar-refractivity contribution in [3.8, 4) is 34.4 Å². The van der Waals surface area contributed by atoms with Gasteiger partial charge in [0.2, 0.25) is 0 Å². The van der Waals surface area contributed by atoms with Gasteiger partial charge in [0.1, 0.15) is 11.5 Å². The first-order valence-electron chi connectivity index (χ1n) is 26.5. The van der Waals surface area contributed by atoms with Crippen molar-refractivity contribution in [2.45, 2.75) is 142 Å². The van der Waals surface area contributed by atoms with E-state index in [2.05, 4.69) is 131 Å². The van der Waals surface area contributed by atoms with E-state index in [4.69, 9.17) is 9.47 Å². The summed E-state index contributed by atoms with van der Waals surface area (Å²) in [6, 6.07) is 27.2. The molecule has 9 aromatic rings. The van der Waals surface area contributed by atoms with Crippen molar-refractivity contribution in [3.05, 3.63) is 145 Å². The van der Waals surface area contributed by atoms with Crippen molar-refractivity contribution >= 4 is 66.7 Å². The SMILES string of the molecule is Cc1cc(C)c2c(c1)c1cc(C)cc3c1n2-c1cc(c2c4c1Oc1cc5c(c6c1B4c1c(cc4c(c1C6(C)C)C1CCC4CC1)O2)C1CCC5CC1)-n1c2c(C)cc(C)cc2c2cc(C)cc(c21)C3. The summed E-state index contributed by atoms with van der Waals surface area (Å²) in [6.07, 6.45) is 11.2. The summed E-state index contributed by atoms with van der Waals surface area (Å²) in [6.45, 7) is 19.0. The molecule has 69 heavy (non-hydrogen) atoms. The topological polar surface area (TPSA) is 28.3 Å². The standard InChI is InChI=1S/C64H57BN2O2/c1-29-17-33(5)58-43(21-29)45-23-31(3)19-39-25-40-20-32(4)24-46-44-22-30(2)18-34(6)59(44)67(61(40)46)48-28-47(66(58)60(39)45)62-57-63(48)69-50-27-42-36-11-15-38(16-12-36)52(42)54-56(50)65(57)55-49(68-62)26-41-35-9-13-37(14-10-35)51(41)53(55)64(54,7)8/h17-24,26-28,35-38H,9-16,25H2,1-8H3. The monoisotopic (exact) mass is 896 g/mol. The Kier molecular flexibility index (Phi) is 6.94. The highest BCUT2D eigenvalue weighted by molar-refractivity contribution is 6.99. The van der Waals surface area contributed by atoms with E-state index in [1.807, 2.05) is 0 Å². The minimum atomic E-state index is -0.192. The van der Waals surface area contributed by atoms with Crippen LogP contribution in [-0.2, 0) is 11.8 Å². The van der Waals surface area contributed by atoms with Crippen molar-refractivity contribution in [2.75, 3.05) is 0 Å². The first-order valence-corrected chi connectivity index (χ1v) is 26.5. The van der Waals surface area contributed by atoms with Crippen LogP contribution in [0.1, 0.15) is 167 Å². The van der Waals surface area contributed by atoms with Gasteiger partial charge in [-0.25, -0.2) is 0 Å². The lowest BCUT2D eigenvalue weighted by Gasteiger charge is -2.52. The molecule has 2 saturated carbocycles. The maximum atomic E-state index is 7.97. The zero-order valence-corrected chi connectivity index (χ0v) is 41.3. The van der Waals surface area contributed by atoms with Gasteiger partial charge < -0.3 is 18.6 Å². The molecule has 0 amide bonds. The van der Waals surface area contributed by atoms with E-state index >= 15 is 0 Å². The summed E-state index contributed by atoms with van der Waals surface area (Å²) in [5.41, 5.74) is 31.6. The highest BCUT2D eigenvalue weighted by atomic mass is 16.5. The molecule has 10 aliphatic rings. The van der Waals surface area contributed by atoms with E-state index in [0.717, 1.165) is 40.8 Å². The van der Waals surface area contributed by atoms with Gasteiger partial charge in [-0.15, -0.1) is 0 Å². The summed E-state index contributed by atoms with van der Waals surface area (Å²) in [4.78, 5) is 0. The fourth-order valence-corrected chi connectivity index (χ4v) is 17.4. The Balaban J connectivity index is 1.12. The molecule has 0 atom stereocenters. The van der Waals surface area contributed by atoms with Crippen LogP contribution in [0.4, 0.5) is 0 Å². The Morgan fingerprint density at radius 2 is 0.841 bits per heavy atom. The second-order valence-electron chi connectivity index (χ2n) is 24.1. The first kappa shape index (κ1) is 38.6. The normalized spacial score (nSPS) is 22.0. The number of fused-ring (bicyclic) bond motifs is 16. The minimum absolute atomic E-state index is 0.00466. The van der Waals surface area contributed by atoms with Crippen LogP contribution in [0.25, 0.3) is 55.0 Å². The van der Waals surface area contributed by atoms with E-state index in [9.17, 15) is 0 Å². The molecule has 2 fully saturated rings. The third-order valence-electron chi connectivity index (χ3n) is 19.6. The quantitative estimate of drug-likeness (QED) is 0.142. The molecule has 6 bridgehead atoms. The van der Waals surface area contributed by atoms with Gasteiger partial charge in [0.15, 0.2) is 11.5 Å². The number of nitrogens with zero attached hydrogens (tertiary/aromatic N) is 2. The number of hydrogen-bond acceptors (Lipinski definition) is 2. The maximum Gasteiger partial charge on any atom is 0.261 e. The largest absolute Gasteiger partial charge is 0.456 e. The smallest absolute Gasteiger partial charge is 0.261 e. The summed E-state index contributed by atoms with van der Waals surface area (Å²) < 4.78 is 21.3. The lowest BCUT2D eigenvalue weighted by molar-refractivity contribution is 0.344. The Hall–Kier alpha value is -6.20. The minimum Gasteiger partial charge on any atom is -0.456 e. The van der Waals surface area contributed by atoms with Gasteiger partial charge in [-0.05, 0) is 226 Å². The first-order chi connectivity index (χ1) is 33.4. The van der Waals surface area contributed by atoms with Crippen LogP contribution in [0.15, 0.2) is 66.7 Å². The van der Waals surface area contributed by atoms with Gasteiger partial charge in [-0.1, -0.05) is 60.4 Å². The molecule has 6 aliphatic carbocycles. The van der Waals surface area contributed by atoms with Crippen LogP contribution in [0, 0.1) is 41.5 Å². The van der Waals surface area contributed by atoms with Gasteiger partial charge in [-0.3, -0.25) is 0 Å². The predicted molar refractivity (Wildman–Crippen MR) is 284 cm³/mol. The van der Waals surface area contributed by atoms with Crippen molar-refractivity contribution in [1.29, 1.82) is 0 Å². The molecule has 7 aromatic carbocycles. The summed E-state index contributed by atoms with van der Waals surface area (Å²) >= 11 is 0. The van der Waals surface area contributed by atoms with Gasteiger partial charge >= 0.3 is 0 Å². The Labute approximate surface area is 404 Å². The molecule has 0 N–H and O–H groups in total.